The number of nitrogens with zero attached hydrogens (tertiary/aromatic N) is 7. The number of fused-ring (bicyclic) bond motifs is 2. The van der Waals surface area contributed by atoms with Crippen LogP contribution in [0.2, 0.25) is 0 Å². The minimum Gasteiger partial charge on any atom is -0.326 e. The lowest BCUT2D eigenvalue weighted by molar-refractivity contribution is -0.144. The fraction of sp³-hybridized carbons (Fsp3) is 0.417. The maximum Gasteiger partial charge on any atom is 0.453 e. The van der Waals surface area contributed by atoms with Crippen molar-refractivity contribution in [3.05, 3.63) is 52.9 Å². The lowest BCUT2D eigenvalue weighted by Gasteiger charge is -2.11. The van der Waals surface area contributed by atoms with Crippen LogP contribution >= 0.6 is 0 Å². The zero-order valence-corrected chi connectivity index (χ0v) is 19.9. The largest absolute Gasteiger partial charge is 0.453 e. The van der Waals surface area contributed by atoms with Crippen LogP contribution in [0.3, 0.4) is 0 Å². The van der Waals surface area contributed by atoms with Crippen molar-refractivity contribution in [3.63, 3.8) is 0 Å². The maximum absolute atomic E-state index is 13.0. The van der Waals surface area contributed by atoms with Gasteiger partial charge in [-0.3, -0.25) is 4.79 Å². The summed E-state index contributed by atoms with van der Waals surface area (Å²) in [5, 5.41) is 15.2. The molecule has 5 rings (SSSR count). The lowest BCUT2D eigenvalue weighted by Crippen LogP contribution is -2.14. The highest BCUT2D eigenvalue weighted by Gasteiger charge is 2.37. The van der Waals surface area contributed by atoms with E-state index in [0.29, 0.717) is 29.1 Å². The Morgan fingerprint density at radius 1 is 1.11 bits per heavy atom. The molecule has 4 aromatic rings. The first-order valence-electron chi connectivity index (χ1n) is 11.8. The number of hydrogen-bond acceptors (Lipinski definition) is 6. The highest BCUT2D eigenvalue weighted by Crippen LogP contribution is 2.28. The van der Waals surface area contributed by atoms with Crippen molar-refractivity contribution in [2.24, 2.45) is 0 Å². The molecule has 1 aliphatic heterocycles. The van der Waals surface area contributed by atoms with Gasteiger partial charge in [0.25, 0.3) is 11.6 Å². The molecule has 1 aliphatic rings. The third-order valence-electron chi connectivity index (χ3n) is 6.42. The number of alkyl halides is 3. The standard InChI is InChI=1S/C24H25F3N8O/c1-14-18(15(2)35-23(28-14)30-22(33-35)24(25,26)27)10-11-20(36)29-17-8-6-7-16(13-17)21-32-31-19-9-4-3-5-12-34(19)21/h6-8,13H,3-5,9-12H2,1-2H3,(H,29,36). The van der Waals surface area contributed by atoms with Gasteiger partial charge >= 0.3 is 6.18 Å². The van der Waals surface area contributed by atoms with Gasteiger partial charge in [-0.25, -0.2) is 9.50 Å². The molecule has 0 aliphatic carbocycles. The lowest BCUT2D eigenvalue weighted by atomic mass is 10.1. The van der Waals surface area contributed by atoms with Crippen molar-refractivity contribution in [3.8, 4) is 11.4 Å². The number of halogens is 3. The summed E-state index contributed by atoms with van der Waals surface area (Å²) in [6, 6.07) is 7.48. The van der Waals surface area contributed by atoms with Crippen LogP contribution in [0.5, 0.6) is 0 Å². The molecule has 4 heterocycles. The molecule has 36 heavy (non-hydrogen) atoms. The van der Waals surface area contributed by atoms with Gasteiger partial charge in [-0.2, -0.15) is 18.2 Å². The summed E-state index contributed by atoms with van der Waals surface area (Å²) in [5.74, 6) is 0.203. The van der Waals surface area contributed by atoms with Gasteiger partial charge in [-0.15, -0.1) is 15.3 Å². The molecular weight excluding hydrogens is 473 g/mol. The number of amides is 1. The van der Waals surface area contributed by atoms with E-state index in [2.05, 4.69) is 35.1 Å². The summed E-state index contributed by atoms with van der Waals surface area (Å²) in [6.07, 6.45) is 0.0324. The average Bonchev–Trinajstić information content (AvgIpc) is 3.37. The summed E-state index contributed by atoms with van der Waals surface area (Å²) < 4.78 is 42.3. The van der Waals surface area contributed by atoms with Crippen LogP contribution in [0.1, 0.15) is 54.3 Å². The monoisotopic (exact) mass is 498 g/mol. The molecule has 1 aromatic carbocycles. The van der Waals surface area contributed by atoms with Gasteiger partial charge in [0.15, 0.2) is 5.82 Å². The van der Waals surface area contributed by atoms with Crippen molar-refractivity contribution in [2.75, 3.05) is 5.32 Å². The normalized spacial score (nSPS) is 14.0. The molecule has 0 radical (unpaired) electrons. The van der Waals surface area contributed by atoms with Crippen LogP contribution in [-0.2, 0) is 30.4 Å². The summed E-state index contributed by atoms with van der Waals surface area (Å²) in [4.78, 5) is 20.4. The van der Waals surface area contributed by atoms with Crippen LogP contribution in [0.15, 0.2) is 24.3 Å². The molecule has 0 unspecified atom stereocenters. The summed E-state index contributed by atoms with van der Waals surface area (Å²) in [6.45, 7) is 4.21. The Hall–Kier alpha value is -3.83. The minimum absolute atomic E-state index is 0.117. The molecule has 0 atom stereocenters. The van der Waals surface area contributed by atoms with E-state index in [1.54, 1.807) is 19.9 Å². The van der Waals surface area contributed by atoms with Crippen molar-refractivity contribution in [1.82, 2.24) is 34.3 Å². The first kappa shape index (κ1) is 23.9. The average molecular weight is 499 g/mol. The summed E-state index contributed by atoms with van der Waals surface area (Å²) in [7, 11) is 0. The van der Waals surface area contributed by atoms with Gasteiger partial charge in [-0.05, 0) is 50.8 Å². The molecule has 1 amide bonds. The van der Waals surface area contributed by atoms with Gasteiger partial charge in [0.1, 0.15) is 5.82 Å². The van der Waals surface area contributed by atoms with E-state index in [1.165, 1.54) is 6.42 Å². The predicted molar refractivity (Wildman–Crippen MR) is 125 cm³/mol. The van der Waals surface area contributed by atoms with Crippen LogP contribution in [0.4, 0.5) is 18.9 Å². The number of aromatic nitrogens is 7. The number of rotatable bonds is 5. The molecular formula is C24H25F3N8O. The topological polar surface area (TPSA) is 103 Å². The Morgan fingerprint density at radius 2 is 1.94 bits per heavy atom. The van der Waals surface area contributed by atoms with E-state index in [-0.39, 0.29) is 18.1 Å². The summed E-state index contributed by atoms with van der Waals surface area (Å²) >= 11 is 0. The Balaban J connectivity index is 1.30. The van der Waals surface area contributed by atoms with Gasteiger partial charge in [0.05, 0.1) is 0 Å². The Labute approximate surface area is 204 Å². The third kappa shape index (κ3) is 4.67. The molecule has 0 fully saturated rings. The van der Waals surface area contributed by atoms with Crippen molar-refractivity contribution in [2.45, 2.75) is 65.1 Å². The van der Waals surface area contributed by atoms with Crippen molar-refractivity contribution < 1.29 is 18.0 Å². The molecule has 0 saturated heterocycles. The number of aryl methyl sites for hydroxylation is 3. The number of benzene rings is 1. The molecule has 9 nitrogen and oxygen atoms in total. The molecule has 3 aromatic heterocycles. The third-order valence-corrected chi connectivity index (χ3v) is 6.42. The van der Waals surface area contributed by atoms with Gasteiger partial charge < -0.3 is 9.88 Å². The summed E-state index contributed by atoms with van der Waals surface area (Å²) in [5.41, 5.74) is 3.17. The molecule has 0 bridgehead atoms. The number of hydrogen-bond donors (Lipinski definition) is 1. The second kappa shape index (κ2) is 9.32. The number of carbonyl (C=O) groups excluding carboxylic acids is 1. The van der Waals surface area contributed by atoms with E-state index in [9.17, 15) is 18.0 Å². The smallest absolute Gasteiger partial charge is 0.326 e. The second-order valence-electron chi connectivity index (χ2n) is 8.94. The van der Waals surface area contributed by atoms with E-state index in [1.807, 2.05) is 18.2 Å². The van der Waals surface area contributed by atoms with E-state index in [4.69, 9.17) is 0 Å². The number of carbonyl (C=O) groups is 1. The Morgan fingerprint density at radius 3 is 2.75 bits per heavy atom. The van der Waals surface area contributed by atoms with E-state index < -0.39 is 12.0 Å². The quantitative estimate of drug-likeness (QED) is 0.440. The number of nitrogens with one attached hydrogen (secondary N) is 1. The molecule has 0 saturated carbocycles. The number of anilines is 1. The fourth-order valence-electron chi connectivity index (χ4n) is 4.59. The van der Waals surface area contributed by atoms with Crippen molar-refractivity contribution >= 4 is 17.4 Å². The van der Waals surface area contributed by atoms with Crippen LogP contribution in [0, 0.1) is 13.8 Å². The predicted octanol–water partition coefficient (Wildman–Crippen LogP) is 4.32. The van der Waals surface area contributed by atoms with Gasteiger partial charge in [-0.1, -0.05) is 18.6 Å². The van der Waals surface area contributed by atoms with Crippen LogP contribution in [-0.4, -0.2) is 40.3 Å². The van der Waals surface area contributed by atoms with Gasteiger partial charge in [0, 0.05) is 42.0 Å². The molecule has 1 N–H and O–H groups in total. The van der Waals surface area contributed by atoms with Crippen LogP contribution < -0.4 is 5.32 Å². The minimum atomic E-state index is -4.66. The highest BCUT2D eigenvalue weighted by molar-refractivity contribution is 5.91. The SMILES string of the molecule is Cc1nc2nc(C(F)(F)F)nn2c(C)c1CCC(=O)Nc1cccc(-c2nnc3n2CCCCC3)c1. The van der Waals surface area contributed by atoms with Crippen molar-refractivity contribution in [1.29, 1.82) is 0 Å². The highest BCUT2D eigenvalue weighted by atomic mass is 19.4. The molecule has 188 valence electrons. The zero-order chi connectivity index (χ0) is 25.4. The Kier molecular flexibility index (Phi) is 6.19. The second-order valence-corrected chi connectivity index (χ2v) is 8.94. The Bertz CT molecular complexity index is 1440. The first-order chi connectivity index (χ1) is 17.2. The fourth-order valence-corrected chi connectivity index (χ4v) is 4.59. The van der Waals surface area contributed by atoms with Crippen LogP contribution in [0.25, 0.3) is 17.2 Å². The molecule has 12 heteroatoms. The van der Waals surface area contributed by atoms with Gasteiger partial charge in [0.2, 0.25) is 5.91 Å². The maximum atomic E-state index is 13.0. The van der Waals surface area contributed by atoms with E-state index >= 15 is 0 Å². The first-order valence-corrected chi connectivity index (χ1v) is 11.8. The zero-order valence-electron chi connectivity index (χ0n) is 19.9. The molecule has 0 spiro atoms. The van der Waals surface area contributed by atoms with E-state index in [0.717, 1.165) is 47.5 Å².